The molecule has 0 aromatic heterocycles. The van der Waals surface area contributed by atoms with E-state index in [1.165, 1.54) is 18.8 Å². The van der Waals surface area contributed by atoms with Crippen LogP contribution in [0.15, 0.2) is 0 Å². The molecule has 0 N–H and O–H groups in total. The Bertz CT molecular complexity index is 486. The smallest absolute Gasteiger partial charge is 0.463 e. The maximum Gasteiger partial charge on any atom is 0.463 e. The average Bonchev–Trinajstić information content (AvgIpc) is 2.22. The van der Waals surface area contributed by atoms with Crippen molar-refractivity contribution in [2.75, 3.05) is 0 Å². The van der Waals surface area contributed by atoms with E-state index < -0.39 is 46.3 Å². The molecule has 0 aliphatic heterocycles. The molecule has 0 amide bonds. The zero-order valence-corrected chi connectivity index (χ0v) is 12.3. The largest absolute Gasteiger partial charge is 0.743 e. The summed E-state index contributed by atoms with van der Waals surface area (Å²) in [6, 6.07) is 0. The first-order valence-electron chi connectivity index (χ1n) is 5.32. The molecule has 0 aromatic carbocycles. The van der Waals surface area contributed by atoms with Crippen LogP contribution in [0.2, 0.25) is 0 Å². The Kier molecular flexibility index (Phi) is 8.46. The Morgan fingerprint density at radius 2 is 1.33 bits per heavy atom. The minimum atomic E-state index is -6.67. The van der Waals surface area contributed by atoms with E-state index in [0.717, 1.165) is 0 Å². The van der Waals surface area contributed by atoms with Crippen LogP contribution in [0.1, 0.15) is 20.3 Å². The summed E-state index contributed by atoms with van der Waals surface area (Å²) >= 11 is 0. The molecule has 0 rings (SSSR count). The highest BCUT2D eigenvalue weighted by molar-refractivity contribution is 7.86. The maximum absolute atomic E-state index is 12.2. The third-order valence-corrected chi connectivity index (χ3v) is 2.43. The fourth-order valence-corrected chi connectivity index (χ4v) is 1.13. The van der Waals surface area contributed by atoms with Gasteiger partial charge in [0.1, 0.15) is 6.42 Å². The Hall–Kier alpha value is -0.870. The van der Waals surface area contributed by atoms with Gasteiger partial charge in [0.05, 0.1) is 6.10 Å². The molecule has 148 valence electrons. The van der Waals surface area contributed by atoms with Gasteiger partial charge in [0, 0.05) is 0 Å². The molecule has 0 aliphatic carbocycles. The van der Waals surface area contributed by atoms with E-state index in [0.29, 0.717) is 0 Å². The molecule has 0 aromatic rings. The average molecular weight is 407 g/mol. The zero-order valence-electron chi connectivity index (χ0n) is 11.5. The predicted molar refractivity (Wildman–Crippen MR) is 53.6 cm³/mol. The Balaban J connectivity index is 0. The van der Waals surface area contributed by atoms with Gasteiger partial charge >= 0.3 is 23.6 Å². The molecule has 0 unspecified atom stereocenters. The summed E-state index contributed by atoms with van der Waals surface area (Å²) in [6.45, 7) is 2.48. The molecular weight excluding hydrogens is 398 g/mol. The van der Waals surface area contributed by atoms with E-state index in [1.807, 2.05) is 0 Å². The Morgan fingerprint density at radius 3 is 1.50 bits per heavy atom. The zero-order chi connectivity index (χ0) is 20.2. The molecule has 5 nitrogen and oxygen atoms in total. The lowest BCUT2D eigenvalue weighted by molar-refractivity contribution is -0.404. The lowest BCUT2D eigenvalue weighted by atomic mass is 10.4. The second-order valence-electron chi connectivity index (χ2n) is 4.16. The van der Waals surface area contributed by atoms with Crippen LogP contribution in [0.4, 0.5) is 44.0 Å². The Labute approximate surface area is 128 Å². The van der Waals surface area contributed by atoms with E-state index in [4.69, 9.17) is 0 Å². The maximum atomic E-state index is 12.2. The van der Waals surface area contributed by atoms with Gasteiger partial charge in [-0.2, -0.15) is 39.5 Å². The molecule has 0 saturated carbocycles. The number of alkyl halides is 9. The molecule has 24 heavy (non-hydrogen) atoms. The summed E-state index contributed by atoms with van der Waals surface area (Å²) in [5.74, 6) is 0. The monoisotopic (exact) mass is 407 g/mol. The summed E-state index contributed by atoms with van der Waals surface area (Å²) in [7, 11) is -6.67. The van der Waals surface area contributed by atoms with Gasteiger partial charge in [-0.25, -0.2) is 8.42 Å². The van der Waals surface area contributed by atoms with Gasteiger partial charge in [-0.05, 0) is 18.4 Å². The normalized spacial score (nSPS) is 14.4. The molecule has 0 aliphatic rings. The van der Waals surface area contributed by atoms with Crippen LogP contribution in [0.25, 0.3) is 0 Å². The van der Waals surface area contributed by atoms with Crippen molar-refractivity contribution >= 4 is 10.1 Å². The third kappa shape index (κ3) is 8.84. The van der Waals surface area contributed by atoms with Crippen molar-refractivity contribution in [2.24, 2.45) is 0 Å². The summed E-state index contributed by atoms with van der Waals surface area (Å²) in [6.07, 6.45) is -18.2. The second-order valence-corrected chi connectivity index (χ2v) is 5.58. The molecule has 0 spiro atoms. The molecule has 16 heteroatoms. The van der Waals surface area contributed by atoms with Crippen molar-refractivity contribution in [2.45, 2.75) is 50.0 Å². The quantitative estimate of drug-likeness (QED) is 0.497. The number of halogens is 10. The predicted octanol–water partition coefficient (Wildman–Crippen LogP) is 3.57. The SMILES string of the molecule is CC(C)OC(F)(F)CC(F)(F)F.O=S(=O)([O-])C(F)(F)C(F)(F)OF. The highest BCUT2D eigenvalue weighted by Gasteiger charge is 2.65. The lowest BCUT2D eigenvalue weighted by Crippen LogP contribution is -2.47. The minimum absolute atomic E-state index is 0.928. The van der Waals surface area contributed by atoms with Crippen molar-refractivity contribution in [3.05, 3.63) is 0 Å². The van der Waals surface area contributed by atoms with E-state index in [1.54, 1.807) is 0 Å². The van der Waals surface area contributed by atoms with Crippen molar-refractivity contribution < 1.29 is 66.7 Å². The van der Waals surface area contributed by atoms with Gasteiger partial charge in [0.15, 0.2) is 10.1 Å². The molecule has 0 heterocycles. The number of ether oxygens (including phenoxy) is 1. The first kappa shape index (κ1) is 25.4. The molecule has 0 bridgehead atoms. The van der Waals surface area contributed by atoms with Gasteiger partial charge in [-0.3, -0.25) is 0 Å². The lowest BCUT2D eigenvalue weighted by Gasteiger charge is -2.23. The first-order chi connectivity index (χ1) is 10.2. The van der Waals surface area contributed by atoms with Crippen molar-refractivity contribution in [3.63, 3.8) is 0 Å². The third-order valence-electron chi connectivity index (χ3n) is 1.56. The van der Waals surface area contributed by atoms with Crippen molar-refractivity contribution in [1.29, 1.82) is 0 Å². The molecule has 0 fully saturated rings. The van der Waals surface area contributed by atoms with Gasteiger partial charge in [-0.15, -0.1) is 4.94 Å². The van der Waals surface area contributed by atoms with Crippen LogP contribution in [-0.4, -0.2) is 42.7 Å². The number of hydrogen-bond donors (Lipinski definition) is 0. The minimum Gasteiger partial charge on any atom is -0.743 e. The van der Waals surface area contributed by atoms with Crippen LogP contribution in [0, 0.1) is 0 Å². The summed E-state index contributed by atoms with van der Waals surface area (Å²) in [5, 5.41) is -6.13. The molecule has 0 atom stereocenters. The highest BCUT2D eigenvalue weighted by atomic mass is 32.2. The van der Waals surface area contributed by atoms with Crippen LogP contribution in [0.5, 0.6) is 0 Å². The van der Waals surface area contributed by atoms with Crippen LogP contribution < -0.4 is 0 Å². The molecular formula is C8H9F10O5S-. The molecule has 0 radical (unpaired) electrons. The van der Waals surface area contributed by atoms with E-state index in [9.17, 15) is 57.0 Å². The highest BCUT2D eigenvalue weighted by Crippen LogP contribution is 2.39. The fourth-order valence-electron chi connectivity index (χ4n) is 0.810. The van der Waals surface area contributed by atoms with E-state index in [2.05, 4.69) is 4.74 Å². The van der Waals surface area contributed by atoms with Crippen LogP contribution in [0.3, 0.4) is 0 Å². The summed E-state index contributed by atoms with van der Waals surface area (Å²) in [4.78, 5) is 1.37. The van der Waals surface area contributed by atoms with Crippen LogP contribution >= 0.6 is 0 Å². The number of rotatable bonds is 6. The van der Waals surface area contributed by atoms with Crippen molar-refractivity contribution in [1.82, 2.24) is 0 Å². The van der Waals surface area contributed by atoms with Crippen molar-refractivity contribution in [3.8, 4) is 0 Å². The van der Waals surface area contributed by atoms with E-state index in [-0.39, 0.29) is 0 Å². The molecule has 0 saturated heterocycles. The fraction of sp³-hybridized carbons (Fsp3) is 1.00. The van der Waals surface area contributed by atoms with Crippen LogP contribution in [-0.2, 0) is 19.8 Å². The van der Waals surface area contributed by atoms with E-state index >= 15 is 0 Å². The van der Waals surface area contributed by atoms with Gasteiger partial charge in [-0.1, -0.05) is 0 Å². The Morgan fingerprint density at radius 1 is 0.958 bits per heavy atom. The first-order valence-corrected chi connectivity index (χ1v) is 6.72. The topological polar surface area (TPSA) is 75.7 Å². The second kappa shape index (κ2) is 8.01. The van der Waals surface area contributed by atoms with Gasteiger partial charge < -0.3 is 9.29 Å². The summed E-state index contributed by atoms with van der Waals surface area (Å²) < 4.78 is 148. The number of hydrogen-bond acceptors (Lipinski definition) is 5. The van der Waals surface area contributed by atoms with Gasteiger partial charge in [0.2, 0.25) is 0 Å². The van der Waals surface area contributed by atoms with Gasteiger partial charge in [0.25, 0.3) is 0 Å². The summed E-state index contributed by atoms with van der Waals surface area (Å²) in [5.41, 5.74) is 0. The standard InChI is InChI=1S/C6H9F5O.C2HF5O4S/c1-4(2)12-6(10,11)3-5(7,8)9;3-1(4,11-7)2(5,6)12(8,9)10/h4H,3H2,1-2H3;(H,8,9,10)/p-1.